The SMILES string of the molecule is Cc1cc(C(=O)N2CCC(O)C2)sc1C=CC(=O)O. The fourth-order valence-corrected chi connectivity index (χ4v) is 3.04. The van der Waals surface area contributed by atoms with Gasteiger partial charge in [0.05, 0.1) is 11.0 Å². The van der Waals surface area contributed by atoms with E-state index in [1.54, 1.807) is 11.0 Å². The van der Waals surface area contributed by atoms with Crippen LogP contribution in [0.4, 0.5) is 0 Å². The molecule has 1 fully saturated rings. The van der Waals surface area contributed by atoms with Crippen molar-refractivity contribution in [2.75, 3.05) is 13.1 Å². The molecule has 0 aliphatic carbocycles. The van der Waals surface area contributed by atoms with Crippen molar-refractivity contribution in [2.45, 2.75) is 19.4 Å². The Morgan fingerprint density at radius 1 is 1.53 bits per heavy atom. The number of carbonyl (C=O) groups excluding carboxylic acids is 1. The summed E-state index contributed by atoms with van der Waals surface area (Å²) in [4.78, 5) is 25.6. The van der Waals surface area contributed by atoms with Gasteiger partial charge in [0.25, 0.3) is 5.91 Å². The van der Waals surface area contributed by atoms with Gasteiger partial charge in [-0.1, -0.05) is 0 Å². The Morgan fingerprint density at radius 2 is 2.26 bits per heavy atom. The van der Waals surface area contributed by atoms with E-state index in [9.17, 15) is 14.7 Å². The Balaban J connectivity index is 2.15. The first kappa shape index (κ1) is 13.8. The quantitative estimate of drug-likeness (QED) is 0.820. The number of aryl methyl sites for hydroxylation is 1. The number of hydrogen-bond acceptors (Lipinski definition) is 4. The molecule has 2 N–H and O–H groups in total. The molecule has 2 rings (SSSR count). The molecule has 1 aliphatic rings. The molecule has 5 nitrogen and oxygen atoms in total. The number of β-amino-alcohol motifs (C(OH)–C–C–N with tert-alkyl or cyclic N) is 1. The van der Waals surface area contributed by atoms with Gasteiger partial charge in [-0.2, -0.15) is 0 Å². The molecular formula is C13H15NO4S. The molecule has 0 saturated carbocycles. The lowest BCUT2D eigenvalue weighted by Crippen LogP contribution is -2.28. The molecule has 2 heterocycles. The van der Waals surface area contributed by atoms with Gasteiger partial charge in [-0.15, -0.1) is 11.3 Å². The number of carboxylic acid groups (broad SMARTS) is 1. The minimum atomic E-state index is -1.01. The minimum absolute atomic E-state index is 0.0976. The number of hydrogen-bond donors (Lipinski definition) is 2. The Labute approximate surface area is 114 Å². The van der Waals surface area contributed by atoms with Gasteiger partial charge < -0.3 is 15.1 Å². The number of rotatable bonds is 3. The molecule has 1 amide bonds. The molecule has 1 saturated heterocycles. The number of likely N-dealkylation sites (tertiary alicyclic amines) is 1. The maximum absolute atomic E-state index is 12.2. The van der Waals surface area contributed by atoms with E-state index in [0.29, 0.717) is 24.4 Å². The van der Waals surface area contributed by atoms with Gasteiger partial charge in [-0.3, -0.25) is 4.79 Å². The van der Waals surface area contributed by atoms with Gasteiger partial charge in [-0.25, -0.2) is 4.79 Å². The lowest BCUT2D eigenvalue weighted by Gasteiger charge is -2.13. The average molecular weight is 281 g/mol. The number of aliphatic hydroxyl groups is 1. The van der Waals surface area contributed by atoms with Crippen LogP contribution in [0.5, 0.6) is 0 Å². The first-order chi connectivity index (χ1) is 8.97. The van der Waals surface area contributed by atoms with Gasteiger partial charge in [-0.05, 0) is 31.1 Å². The Hall–Kier alpha value is -1.66. The van der Waals surface area contributed by atoms with Gasteiger partial charge in [0.2, 0.25) is 0 Å². The third-order valence-electron chi connectivity index (χ3n) is 2.99. The summed E-state index contributed by atoms with van der Waals surface area (Å²) < 4.78 is 0. The third-order valence-corrected chi connectivity index (χ3v) is 4.19. The van der Waals surface area contributed by atoms with Crippen molar-refractivity contribution in [1.82, 2.24) is 4.90 Å². The molecule has 0 bridgehead atoms. The van der Waals surface area contributed by atoms with Gasteiger partial charge in [0, 0.05) is 24.0 Å². The van der Waals surface area contributed by atoms with Crippen molar-refractivity contribution in [3.8, 4) is 0 Å². The van der Waals surface area contributed by atoms with Gasteiger partial charge in [0.15, 0.2) is 0 Å². The highest BCUT2D eigenvalue weighted by Gasteiger charge is 2.26. The van der Waals surface area contributed by atoms with E-state index in [1.165, 1.54) is 17.4 Å². The van der Waals surface area contributed by atoms with Gasteiger partial charge >= 0.3 is 5.97 Å². The van der Waals surface area contributed by atoms with Crippen LogP contribution in [0.25, 0.3) is 6.08 Å². The number of aliphatic hydroxyl groups excluding tert-OH is 1. The lowest BCUT2D eigenvalue weighted by atomic mass is 10.2. The van der Waals surface area contributed by atoms with Crippen LogP contribution >= 0.6 is 11.3 Å². The lowest BCUT2D eigenvalue weighted by molar-refractivity contribution is -0.131. The number of thiophene rings is 1. The van der Waals surface area contributed by atoms with Crippen molar-refractivity contribution >= 4 is 29.3 Å². The molecule has 1 unspecified atom stereocenters. The largest absolute Gasteiger partial charge is 0.478 e. The van der Waals surface area contributed by atoms with E-state index in [1.807, 2.05) is 6.92 Å². The predicted molar refractivity (Wildman–Crippen MR) is 72.3 cm³/mol. The summed E-state index contributed by atoms with van der Waals surface area (Å²) in [6.07, 6.45) is 2.74. The smallest absolute Gasteiger partial charge is 0.328 e. The molecule has 6 heteroatoms. The van der Waals surface area contributed by atoms with E-state index in [0.717, 1.165) is 16.5 Å². The average Bonchev–Trinajstić information content (AvgIpc) is 2.92. The third kappa shape index (κ3) is 3.21. The molecular weight excluding hydrogens is 266 g/mol. The predicted octanol–water partition coefficient (Wildman–Crippen LogP) is 1.36. The molecule has 1 atom stereocenters. The zero-order chi connectivity index (χ0) is 14.0. The van der Waals surface area contributed by atoms with E-state index in [4.69, 9.17) is 5.11 Å². The summed E-state index contributed by atoms with van der Waals surface area (Å²) in [7, 11) is 0. The number of nitrogens with zero attached hydrogens (tertiary/aromatic N) is 1. The van der Waals surface area contributed by atoms with Crippen LogP contribution in [-0.2, 0) is 4.79 Å². The normalized spacial score (nSPS) is 19.3. The zero-order valence-electron chi connectivity index (χ0n) is 10.5. The summed E-state index contributed by atoms with van der Waals surface area (Å²) >= 11 is 1.27. The molecule has 1 aliphatic heterocycles. The number of carboxylic acids is 1. The second-order valence-electron chi connectivity index (χ2n) is 4.52. The highest BCUT2D eigenvalue weighted by atomic mass is 32.1. The van der Waals surface area contributed by atoms with Crippen LogP contribution in [0.2, 0.25) is 0 Å². The fourth-order valence-electron chi connectivity index (χ4n) is 2.00. The number of aliphatic carboxylic acids is 1. The molecule has 0 aromatic carbocycles. The number of carbonyl (C=O) groups is 2. The molecule has 0 spiro atoms. The maximum Gasteiger partial charge on any atom is 0.328 e. The van der Waals surface area contributed by atoms with Crippen molar-refractivity contribution in [3.05, 3.63) is 27.5 Å². The van der Waals surface area contributed by atoms with Crippen molar-refractivity contribution < 1.29 is 19.8 Å². The van der Waals surface area contributed by atoms with E-state index in [2.05, 4.69) is 0 Å². The standard InChI is InChI=1S/C13H15NO4S/c1-8-6-11(19-10(8)2-3-12(16)17)13(18)14-5-4-9(15)7-14/h2-3,6,9,15H,4-5,7H2,1H3,(H,16,17). The van der Waals surface area contributed by atoms with Crippen LogP contribution < -0.4 is 0 Å². The van der Waals surface area contributed by atoms with Crippen LogP contribution in [0, 0.1) is 6.92 Å². The molecule has 0 radical (unpaired) electrons. The molecule has 1 aromatic rings. The highest BCUT2D eigenvalue weighted by Crippen LogP contribution is 2.25. The topological polar surface area (TPSA) is 77.8 Å². The molecule has 102 valence electrons. The van der Waals surface area contributed by atoms with E-state index in [-0.39, 0.29) is 5.91 Å². The first-order valence-corrected chi connectivity index (χ1v) is 6.78. The summed E-state index contributed by atoms with van der Waals surface area (Å²) in [5, 5.41) is 18.0. The second kappa shape index (κ2) is 5.54. The van der Waals surface area contributed by atoms with Gasteiger partial charge in [0.1, 0.15) is 0 Å². The summed E-state index contributed by atoms with van der Waals surface area (Å²) in [5.74, 6) is -1.11. The second-order valence-corrected chi connectivity index (χ2v) is 5.61. The van der Waals surface area contributed by atoms with E-state index >= 15 is 0 Å². The van der Waals surface area contributed by atoms with E-state index < -0.39 is 12.1 Å². The highest BCUT2D eigenvalue weighted by molar-refractivity contribution is 7.15. The zero-order valence-corrected chi connectivity index (χ0v) is 11.3. The van der Waals surface area contributed by atoms with Crippen LogP contribution in [0.3, 0.4) is 0 Å². The first-order valence-electron chi connectivity index (χ1n) is 5.96. The van der Waals surface area contributed by atoms with Crippen molar-refractivity contribution in [1.29, 1.82) is 0 Å². The minimum Gasteiger partial charge on any atom is -0.478 e. The maximum atomic E-state index is 12.2. The molecule has 1 aromatic heterocycles. The summed E-state index contributed by atoms with van der Waals surface area (Å²) in [6, 6.07) is 1.76. The van der Waals surface area contributed by atoms with Crippen LogP contribution in [-0.4, -0.2) is 46.2 Å². The van der Waals surface area contributed by atoms with Crippen LogP contribution in [0.1, 0.15) is 26.5 Å². The van der Waals surface area contributed by atoms with Crippen molar-refractivity contribution in [2.24, 2.45) is 0 Å². The fraction of sp³-hybridized carbons (Fsp3) is 0.385. The monoisotopic (exact) mass is 281 g/mol. The Morgan fingerprint density at radius 3 is 2.84 bits per heavy atom. The summed E-state index contributed by atoms with van der Waals surface area (Å²) in [5.41, 5.74) is 0.880. The molecule has 19 heavy (non-hydrogen) atoms. The Bertz CT molecular complexity index is 535. The summed E-state index contributed by atoms with van der Waals surface area (Å²) in [6.45, 7) is 2.78. The van der Waals surface area contributed by atoms with Crippen molar-refractivity contribution in [3.63, 3.8) is 0 Å². The van der Waals surface area contributed by atoms with Crippen LogP contribution in [0.15, 0.2) is 12.1 Å². The Kier molecular flexibility index (Phi) is 4.01. The number of amides is 1.